The highest BCUT2D eigenvalue weighted by Crippen LogP contribution is 2.32. The van der Waals surface area contributed by atoms with E-state index in [0.29, 0.717) is 16.7 Å². The van der Waals surface area contributed by atoms with E-state index in [2.05, 4.69) is 10.3 Å². The number of aliphatic imine (C=N–C) groups is 1. The maximum absolute atomic E-state index is 12.3. The molecule has 1 saturated heterocycles. The van der Waals surface area contributed by atoms with E-state index >= 15 is 0 Å². The highest BCUT2D eigenvalue weighted by atomic mass is 32.2. The second-order valence-electron chi connectivity index (χ2n) is 5.69. The van der Waals surface area contributed by atoms with Gasteiger partial charge in [0.2, 0.25) is 0 Å². The van der Waals surface area contributed by atoms with Gasteiger partial charge >= 0.3 is 0 Å². The van der Waals surface area contributed by atoms with Gasteiger partial charge in [0.15, 0.2) is 5.17 Å². The van der Waals surface area contributed by atoms with E-state index in [1.165, 1.54) is 11.8 Å². The largest absolute Gasteiger partial charge is 0.493 e. The molecule has 0 atom stereocenters. The van der Waals surface area contributed by atoms with Crippen LogP contribution in [-0.2, 0) is 4.79 Å². The number of benzene rings is 2. The fourth-order valence-corrected chi connectivity index (χ4v) is 3.41. The quantitative estimate of drug-likeness (QED) is 0.819. The number of carbonyl (C=O) groups excluding carboxylic acids is 1. The number of hydrogen-bond acceptors (Lipinski definition) is 4. The van der Waals surface area contributed by atoms with Crippen molar-refractivity contribution in [2.45, 2.75) is 20.8 Å². The minimum Gasteiger partial charge on any atom is -0.493 e. The summed E-state index contributed by atoms with van der Waals surface area (Å²) in [6.07, 6.45) is 1.85. The van der Waals surface area contributed by atoms with Gasteiger partial charge in [-0.25, -0.2) is 4.99 Å². The zero-order valence-electron chi connectivity index (χ0n) is 14.5. The van der Waals surface area contributed by atoms with Gasteiger partial charge < -0.3 is 10.1 Å². The molecule has 3 rings (SSSR count). The molecule has 1 aliphatic heterocycles. The smallest absolute Gasteiger partial charge is 0.264 e. The van der Waals surface area contributed by atoms with Crippen LogP contribution in [0.3, 0.4) is 0 Å². The fourth-order valence-electron chi connectivity index (χ4n) is 2.59. The van der Waals surface area contributed by atoms with E-state index in [1.807, 2.05) is 69.3 Å². The summed E-state index contributed by atoms with van der Waals surface area (Å²) >= 11 is 1.35. The number of amidine groups is 1. The van der Waals surface area contributed by atoms with Crippen molar-refractivity contribution >= 4 is 34.6 Å². The van der Waals surface area contributed by atoms with E-state index in [9.17, 15) is 4.79 Å². The monoisotopic (exact) mass is 352 g/mol. The zero-order valence-corrected chi connectivity index (χ0v) is 15.3. The van der Waals surface area contributed by atoms with Gasteiger partial charge in [-0.15, -0.1) is 0 Å². The van der Waals surface area contributed by atoms with Crippen molar-refractivity contribution in [3.8, 4) is 5.75 Å². The number of carbonyl (C=O) groups is 1. The van der Waals surface area contributed by atoms with E-state index < -0.39 is 0 Å². The maximum Gasteiger partial charge on any atom is 0.264 e. The molecule has 1 aliphatic rings. The molecule has 25 heavy (non-hydrogen) atoms. The Morgan fingerprint density at radius 1 is 1.12 bits per heavy atom. The summed E-state index contributed by atoms with van der Waals surface area (Å²) < 4.78 is 5.62. The molecule has 0 unspecified atom stereocenters. The van der Waals surface area contributed by atoms with Crippen LogP contribution >= 0.6 is 11.8 Å². The summed E-state index contributed by atoms with van der Waals surface area (Å²) in [5.41, 5.74) is 3.96. The third-order valence-electron chi connectivity index (χ3n) is 3.81. The molecule has 0 spiro atoms. The normalized spacial score (nSPS) is 17.2. The molecule has 1 amide bonds. The first-order valence-corrected chi connectivity index (χ1v) is 8.97. The lowest BCUT2D eigenvalue weighted by Crippen LogP contribution is -2.19. The molecule has 1 fully saturated rings. The van der Waals surface area contributed by atoms with Gasteiger partial charge in [-0.3, -0.25) is 4.79 Å². The summed E-state index contributed by atoms with van der Waals surface area (Å²) in [5.74, 6) is 0.632. The van der Waals surface area contributed by atoms with Gasteiger partial charge in [-0.1, -0.05) is 36.4 Å². The van der Waals surface area contributed by atoms with E-state index in [4.69, 9.17) is 4.74 Å². The van der Waals surface area contributed by atoms with Crippen LogP contribution in [0.4, 0.5) is 5.69 Å². The van der Waals surface area contributed by atoms with Crippen LogP contribution in [0.5, 0.6) is 5.75 Å². The van der Waals surface area contributed by atoms with Crippen molar-refractivity contribution in [2.24, 2.45) is 4.99 Å². The summed E-state index contributed by atoms with van der Waals surface area (Å²) in [6.45, 7) is 6.56. The van der Waals surface area contributed by atoms with Crippen LogP contribution < -0.4 is 10.1 Å². The molecule has 2 aromatic carbocycles. The number of nitrogens with one attached hydrogen (secondary N) is 1. The van der Waals surface area contributed by atoms with Crippen LogP contribution in [0.15, 0.2) is 52.4 Å². The van der Waals surface area contributed by atoms with E-state index in [1.54, 1.807) is 0 Å². The Hall–Kier alpha value is -2.53. The SMILES string of the molecule is CCOc1ccccc1/C=C1\SC(=Nc2c(C)cccc2C)NC1=O. The van der Waals surface area contributed by atoms with Crippen molar-refractivity contribution in [1.29, 1.82) is 0 Å². The first-order valence-electron chi connectivity index (χ1n) is 8.16. The predicted molar refractivity (Wildman–Crippen MR) is 104 cm³/mol. The number of ether oxygens (including phenoxy) is 1. The lowest BCUT2D eigenvalue weighted by atomic mass is 10.1. The molecular formula is C20H20N2O2S. The zero-order chi connectivity index (χ0) is 17.8. The summed E-state index contributed by atoms with van der Waals surface area (Å²) in [6, 6.07) is 13.7. The van der Waals surface area contributed by atoms with Crippen LogP contribution in [-0.4, -0.2) is 17.7 Å². The number of hydrogen-bond donors (Lipinski definition) is 1. The second-order valence-corrected chi connectivity index (χ2v) is 6.72. The summed E-state index contributed by atoms with van der Waals surface area (Å²) in [7, 11) is 0. The lowest BCUT2D eigenvalue weighted by molar-refractivity contribution is -0.115. The standard InChI is InChI=1S/C20H20N2O2S/c1-4-24-16-11-6-5-10-15(16)12-17-19(23)22-20(25-17)21-18-13(2)8-7-9-14(18)3/h5-12H,4H2,1-3H3,(H,21,22,23)/b17-12-. The van der Waals surface area contributed by atoms with E-state index in [0.717, 1.165) is 28.1 Å². The molecule has 1 N–H and O–H groups in total. The van der Waals surface area contributed by atoms with Crippen molar-refractivity contribution in [1.82, 2.24) is 5.32 Å². The second kappa shape index (κ2) is 7.57. The molecule has 0 aliphatic carbocycles. The van der Waals surface area contributed by atoms with Gasteiger partial charge in [0, 0.05) is 5.56 Å². The third kappa shape index (κ3) is 3.94. The highest BCUT2D eigenvalue weighted by Gasteiger charge is 2.24. The van der Waals surface area contributed by atoms with Crippen LogP contribution in [0, 0.1) is 13.8 Å². The van der Waals surface area contributed by atoms with Gasteiger partial charge in [0.25, 0.3) is 5.91 Å². The average molecular weight is 352 g/mol. The Morgan fingerprint density at radius 2 is 1.84 bits per heavy atom. The number of thioether (sulfide) groups is 1. The van der Waals surface area contributed by atoms with Crippen LogP contribution in [0.25, 0.3) is 6.08 Å². The molecule has 5 heteroatoms. The molecule has 0 aromatic heterocycles. The fraction of sp³-hybridized carbons (Fsp3) is 0.200. The first kappa shape index (κ1) is 17.3. The molecule has 2 aromatic rings. The molecule has 0 radical (unpaired) electrons. The number of amides is 1. The Bertz CT molecular complexity index is 851. The Kier molecular flexibility index (Phi) is 5.24. The summed E-state index contributed by atoms with van der Waals surface area (Å²) in [4.78, 5) is 17.5. The topological polar surface area (TPSA) is 50.7 Å². The first-order chi connectivity index (χ1) is 12.1. The van der Waals surface area contributed by atoms with Crippen LogP contribution in [0.2, 0.25) is 0 Å². The van der Waals surface area contributed by atoms with Gasteiger partial charge in [0.1, 0.15) is 5.75 Å². The van der Waals surface area contributed by atoms with Crippen molar-refractivity contribution < 1.29 is 9.53 Å². The van der Waals surface area contributed by atoms with Crippen molar-refractivity contribution in [3.63, 3.8) is 0 Å². The Balaban J connectivity index is 1.90. The average Bonchev–Trinajstić information content (AvgIpc) is 2.93. The molecule has 4 nitrogen and oxygen atoms in total. The number of rotatable bonds is 4. The minimum absolute atomic E-state index is 0.138. The summed E-state index contributed by atoms with van der Waals surface area (Å²) in [5, 5.41) is 3.44. The number of nitrogens with zero attached hydrogens (tertiary/aromatic N) is 1. The number of para-hydroxylation sites is 2. The van der Waals surface area contributed by atoms with Crippen LogP contribution in [0.1, 0.15) is 23.6 Å². The lowest BCUT2D eigenvalue weighted by Gasteiger charge is -2.06. The maximum atomic E-state index is 12.3. The molecule has 128 valence electrons. The Morgan fingerprint density at radius 3 is 2.56 bits per heavy atom. The Labute approximate surface area is 152 Å². The minimum atomic E-state index is -0.138. The third-order valence-corrected chi connectivity index (χ3v) is 4.72. The number of aryl methyl sites for hydroxylation is 2. The van der Waals surface area contributed by atoms with Gasteiger partial charge in [-0.05, 0) is 55.8 Å². The highest BCUT2D eigenvalue weighted by molar-refractivity contribution is 8.18. The van der Waals surface area contributed by atoms with E-state index in [-0.39, 0.29) is 5.91 Å². The van der Waals surface area contributed by atoms with Gasteiger partial charge in [0.05, 0.1) is 17.2 Å². The molecule has 1 heterocycles. The van der Waals surface area contributed by atoms with Crippen molar-refractivity contribution in [2.75, 3.05) is 6.61 Å². The van der Waals surface area contributed by atoms with Crippen molar-refractivity contribution in [3.05, 3.63) is 64.1 Å². The predicted octanol–water partition coefficient (Wildman–Crippen LogP) is 4.59. The molecule has 0 bridgehead atoms. The van der Waals surface area contributed by atoms with Gasteiger partial charge in [-0.2, -0.15) is 0 Å². The molecule has 0 saturated carbocycles. The molecular weight excluding hydrogens is 332 g/mol.